The summed E-state index contributed by atoms with van der Waals surface area (Å²) in [6, 6.07) is 9.70. The average Bonchev–Trinajstić information content (AvgIpc) is 2.29. The lowest BCUT2D eigenvalue weighted by Gasteiger charge is -2.10. The Morgan fingerprint density at radius 3 is 2.47 bits per heavy atom. The molecule has 0 saturated heterocycles. The second-order valence-electron chi connectivity index (χ2n) is 3.81. The molecule has 0 radical (unpaired) electrons. The number of thioether (sulfide) groups is 1. The maximum Gasteiger partial charge on any atom is 0.257 e. The van der Waals surface area contributed by atoms with E-state index in [1.54, 1.807) is 0 Å². The van der Waals surface area contributed by atoms with E-state index in [2.05, 4.69) is 11.9 Å². The van der Waals surface area contributed by atoms with Crippen LogP contribution in [0.3, 0.4) is 0 Å². The zero-order valence-electron chi connectivity index (χ0n) is 9.90. The molecule has 4 heteroatoms. The summed E-state index contributed by atoms with van der Waals surface area (Å²) in [7, 11) is 0. The Kier molecular flexibility index (Phi) is 5.38. The van der Waals surface area contributed by atoms with Crippen LogP contribution in [0.25, 0.3) is 0 Å². The topological polar surface area (TPSA) is 29.1 Å². The lowest BCUT2D eigenvalue weighted by molar-refractivity contribution is -0.117. The highest BCUT2D eigenvalue weighted by atomic mass is 32.2. The lowest BCUT2D eigenvalue weighted by atomic mass is 10.2. The van der Waals surface area contributed by atoms with Gasteiger partial charge in [-0.15, -0.1) is 0 Å². The monoisotopic (exact) mass is 265 g/mol. The normalized spacial score (nSPS) is 10.1. The Balaban J connectivity index is 2.58. The van der Waals surface area contributed by atoms with E-state index in [0.29, 0.717) is 9.10 Å². The van der Waals surface area contributed by atoms with Crippen LogP contribution in [0.2, 0.25) is 0 Å². The fourth-order valence-electron chi connectivity index (χ4n) is 1.13. The van der Waals surface area contributed by atoms with Crippen LogP contribution in [0.1, 0.15) is 19.4 Å². The second kappa shape index (κ2) is 6.57. The van der Waals surface area contributed by atoms with Crippen LogP contribution in [-0.2, 0) is 4.79 Å². The van der Waals surface area contributed by atoms with E-state index in [9.17, 15) is 4.79 Å². The molecule has 1 amide bonds. The van der Waals surface area contributed by atoms with Crippen LogP contribution in [0.4, 0.5) is 0 Å². The molecule has 2 nitrogen and oxygen atoms in total. The molecule has 0 aliphatic rings. The van der Waals surface area contributed by atoms with Gasteiger partial charge in [-0.05, 0) is 19.4 Å². The molecule has 0 unspecified atom stereocenters. The molecule has 0 atom stereocenters. The summed E-state index contributed by atoms with van der Waals surface area (Å²) in [5.74, 6) is -0.164. The van der Waals surface area contributed by atoms with E-state index in [-0.39, 0.29) is 11.9 Å². The number of carbonyl (C=O) groups excluding carboxylic acids is 1. The van der Waals surface area contributed by atoms with E-state index >= 15 is 0 Å². The van der Waals surface area contributed by atoms with Crippen LogP contribution in [0.15, 0.2) is 41.8 Å². The van der Waals surface area contributed by atoms with Gasteiger partial charge in [0.25, 0.3) is 5.91 Å². The van der Waals surface area contributed by atoms with Crippen LogP contribution in [-0.4, -0.2) is 16.1 Å². The van der Waals surface area contributed by atoms with E-state index in [1.165, 1.54) is 11.8 Å². The molecule has 90 valence electrons. The minimum atomic E-state index is -0.164. The Labute approximate surface area is 111 Å². The van der Waals surface area contributed by atoms with Gasteiger partial charge >= 0.3 is 0 Å². The van der Waals surface area contributed by atoms with E-state index in [1.807, 2.05) is 44.2 Å². The van der Waals surface area contributed by atoms with Crippen molar-refractivity contribution in [3.8, 4) is 0 Å². The minimum Gasteiger partial charge on any atom is -0.349 e. The zero-order valence-corrected chi connectivity index (χ0v) is 11.5. The molecule has 0 bridgehead atoms. The lowest BCUT2D eigenvalue weighted by Crippen LogP contribution is -2.30. The summed E-state index contributed by atoms with van der Waals surface area (Å²) in [5, 5.41) is 2.78. The minimum absolute atomic E-state index is 0.102. The molecule has 0 aromatic heterocycles. The molecular weight excluding hydrogens is 250 g/mol. The summed E-state index contributed by atoms with van der Waals surface area (Å²) in [4.78, 5) is 12.1. The largest absolute Gasteiger partial charge is 0.349 e. The summed E-state index contributed by atoms with van der Waals surface area (Å²) >= 11 is 6.48. The smallest absolute Gasteiger partial charge is 0.257 e. The standard InChI is InChI=1S/C13H15NOS2/c1-9(2)14-12(15)10(3)17-13(16)11-7-5-4-6-8-11/h4-9H,3H2,1-2H3,(H,14,15). The molecule has 0 saturated carbocycles. The average molecular weight is 265 g/mol. The summed E-state index contributed by atoms with van der Waals surface area (Å²) in [5.41, 5.74) is 0.936. The molecule has 0 fully saturated rings. The van der Waals surface area contributed by atoms with Gasteiger partial charge in [-0.3, -0.25) is 4.79 Å². The SMILES string of the molecule is C=C(SC(=S)c1ccccc1)C(=O)NC(C)C. The first-order valence-electron chi connectivity index (χ1n) is 5.27. The fraction of sp³-hybridized carbons (Fsp3) is 0.231. The van der Waals surface area contributed by atoms with Crippen molar-refractivity contribution in [2.45, 2.75) is 19.9 Å². The van der Waals surface area contributed by atoms with Crippen molar-refractivity contribution in [2.24, 2.45) is 0 Å². The van der Waals surface area contributed by atoms with Crippen molar-refractivity contribution in [1.29, 1.82) is 0 Å². The molecule has 1 rings (SSSR count). The molecule has 0 aliphatic carbocycles. The molecular formula is C13H15NOS2. The molecule has 0 spiro atoms. The number of rotatable bonds is 4. The van der Waals surface area contributed by atoms with Crippen molar-refractivity contribution in [1.82, 2.24) is 5.32 Å². The summed E-state index contributed by atoms with van der Waals surface area (Å²) < 4.78 is 0.662. The van der Waals surface area contributed by atoms with E-state index < -0.39 is 0 Å². The zero-order chi connectivity index (χ0) is 12.8. The van der Waals surface area contributed by atoms with Crippen molar-refractivity contribution >= 4 is 34.1 Å². The Morgan fingerprint density at radius 2 is 1.94 bits per heavy atom. The van der Waals surface area contributed by atoms with Crippen molar-refractivity contribution in [2.75, 3.05) is 0 Å². The predicted octanol–water partition coefficient (Wildman–Crippen LogP) is 3.13. The first kappa shape index (κ1) is 13.9. The third-order valence-corrected chi connectivity index (χ3v) is 3.24. The number of carbonyl (C=O) groups is 1. The third kappa shape index (κ3) is 4.71. The molecule has 0 heterocycles. The summed E-state index contributed by atoms with van der Waals surface area (Å²) in [6.07, 6.45) is 0. The molecule has 17 heavy (non-hydrogen) atoms. The van der Waals surface area contributed by atoms with Gasteiger partial charge in [0.05, 0.1) is 9.10 Å². The van der Waals surface area contributed by atoms with Gasteiger partial charge in [-0.2, -0.15) is 0 Å². The highest BCUT2D eigenvalue weighted by molar-refractivity contribution is 8.26. The van der Waals surface area contributed by atoms with Crippen LogP contribution in [0.5, 0.6) is 0 Å². The Hall–Kier alpha value is -1.13. The molecule has 1 aromatic rings. The number of thiocarbonyl (C=S) groups is 1. The van der Waals surface area contributed by atoms with Crippen LogP contribution >= 0.6 is 24.0 Å². The van der Waals surface area contributed by atoms with E-state index in [4.69, 9.17) is 12.2 Å². The second-order valence-corrected chi connectivity index (χ2v) is 5.58. The van der Waals surface area contributed by atoms with Gasteiger partial charge < -0.3 is 5.32 Å². The van der Waals surface area contributed by atoms with Gasteiger partial charge in [0.2, 0.25) is 0 Å². The van der Waals surface area contributed by atoms with Gasteiger partial charge in [-0.25, -0.2) is 0 Å². The number of benzene rings is 1. The van der Waals surface area contributed by atoms with Gasteiger partial charge in [0.1, 0.15) is 0 Å². The molecule has 1 N–H and O–H groups in total. The fourth-order valence-corrected chi connectivity index (χ4v) is 2.20. The number of hydrogen-bond donors (Lipinski definition) is 1. The van der Waals surface area contributed by atoms with Gasteiger partial charge in [0, 0.05) is 6.04 Å². The maximum absolute atomic E-state index is 11.6. The number of hydrogen-bond acceptors (Lipinski definition) is 3. The van der Waals surface area contributed by atoms with Crippen molar-refractivity contribution < 1.29 is 4.79 Å². The maximum atomic E-state index is 11.6. The van der Waals surface area contributed by atoms with Gasteiger partial charge in [-0.1, -0.05) is 60.9 Å². The molecule has 0 aliphatic heterocycles. The van der Waals surface area contributed by atoms with E-state index in [0.717, 1.165) is 5.56 Å². The number of amides is 1. The highest BCUT2D eigenvalue weighted by Gasteiger charge is 2.12. The first-order valence-corrected chi connectivity index (χ1v) is 6.50. The Bertz CT molecular complexity index is 426. The van der Waals surface area contributed by atoms with Crippen LogP contribution < -0.4 is 5.32 Å². The first-order chi connectivity index (χ1) is 8.00. The van der Waals surface area contributed by atoms with Crippen molar-refractivity contribution in [3.63, 3.8) is 0 Å². The summed E-state index contributed by atoms with van der Waals surface area (Å²) in [6.45, 7) is 7.55. The molecule has 1 aromatic carbocycles. The Morgan fingerprint density at radius 1 is 1.35 bits per heavy atom. The number of nitrogens with one attached hydrogen (secondary N) is 1. The van der Waals surface area contributed by atoms with Crippen LogP contribution in [0, 0.1) is 0 Å². The third-order valence-electron chi connectivity index (χ3n) is 1.90. The van der Waals surface area contributed by atoms with Gasteiger partial charge in [0.15, 0.2) is 0 Å². The van der Waals surface area contributed by atoms with Crippen molar-refractivity contribution in [3.05, 3.63) is 47.4 Å². The predicted molar refractivity (Wildman–Crippen MR) is 78.2 cm³/mol. The quantitative estimate of drug-likeness (QED) is 0.670. The highest BCUT2D eigenvalue weighted by Crippen LogP contribution is 2.21.